The molecule has 1 aliphatic heterocycles. The summed E-state index contributed by atoms with van der Waals surface area (Å²) in [5.74, 6) is 1.42. The van der Waals surface area contributed by atoms with Crippen LogP contribution in [0, 0.1) is 29.0 Å². The van der Waals surface area contributed by atoms with Gasteiger partial charge in [-0.1, -0.05) is 30.3 Å². The number of amides is 1. The summed E-state index contributed by atoms with van der Waals surface area (Å²) in [5, 5.41) is 2.84. The van der Waals surface area contributed by atoms with E-state index in [2.05, 4.69) is 5.32 Å². The fourth-order valence-corrected chi connectivity index (χ4v) is 7.10. The summed E-state index contributed by atoms with van der Waals surface area (Å²) in [6.45, 7) is -0.142. The molecule has 7 heteroatoms. The first-order valence-corrected chi connectivity index (χ1v) is 12.6. The molecule has 0 unspecified atom stereocenters. The van der Waals surface area contributed by atoms with Crippen LogP contribution in [0.4, 0.5) is 4.39 Å². The Balaban J connectivity index is 1.07. The Kier molecular flexibility index (Phi) is 5.75. The highest BCUT2D eigenvalue weighted by Crippen LogP contribution is 2.60. The van der Waals surface area contributed by atoms with Crippen LogP contribution in [-0.4, -0.2) is 18.4 Å². The van der Waals surface area contributed by atoms with E-state index >= 15 is 0 Å². The maximum Gasteiger partial charge on any atom is 0.325 e. The topological polar surface area (TPSA) is 73.9 Å². The van der Waals surface area contributed by atoms with Crippen LogP contribution >= 0.6 is 0 Å². The summed E-state index contributed by atoms with van der Waals surface area (Å²) >= 11 is 0. The molecule has 4 saturated carbocycles. The number of halogens is 1. The molecule has 4 fully saturated rings. The van der Waals surface area contributed by atoms with Crippen molar-refractivity contribution in [2.24, 2.45) is 23.2 Å². The molecule has 4 aliphatic carbocycles. The SMILES string of the molecule is O=C(CNC(=O)C12CC3CC(CC(C3)C1)C2)OCc1cc(F)cc2c1O[C@@H](c1ccccc1)OC2. The molecule has 6 nitrogen and oxygen atoms in total. The zero-order valence-electron chi connectivity index (χ0n) is 19.6. The van der Waals surface area contributed by atoms with Crippen molar-refractivity contribution in [3.05, 3.63) is 65.0 Å². The number of carbonyl (C=O) groups is 2. The van der Waals surface area contributed by atoms with Crippen molar-refractivity contribution in [1.29, 1.82) is 0 Å². The Morgan fingerprint density at radius 2 is 1.71 bits per heavy atom. The molecule has 0 radical (unpaired) electrons. The molecule has 0 spiro atoms. The molecule has 0 aromatic heterocycles. The van der Waals surface area contributed by atoms with Gasteiger partial charge in [-0.3, -0.25) is 9.59 Å². The van der Waals surface area contributed by atoms with E-state index in [9.17, 15) is 14.0 Å². The van der Waals surface area contributed by atoms with Crippen molar-refractivity contribution in [1.82, 2.24) is 5.32 Å². The van der Waals surface area contributed by atoms with E-state index in [1.165, 1.54) is 31.4 Å². The highest BCUT2D eigenvalue weighted by atomic mass is 19.1. The first-order valence-electron chi connectivity index (χ1n) is 12.6. The monoisotopic (exact) mass is 479 g/mol. The molecule has 1 amide bonds. The minimum Gasteiger partial charge on any atom is -0.460 e. The van der Waals surface area contributed by atoms with Crippen LogP contribution in [0.1, 0.15) is 61.5 Å². The van der Waals surface area contributed by atoms with Gasteiger partial charge in [-0.2, -0.15) is 0 Å². The summed E-state index contributed by atoms with van der Waals surface area (Å²) in [4.78, 5) is 25.6. The predicted molar refractivity (Wildman–Crippen MR) is 124 cm³/mol. The number of nitrogens with one attached hydrogen (secondary N) is 1. The quantitative estimate of drug-likeness (QED) is 0.602. The summed E-state index contributed by atoms with van der Waals surface area (Å²) in [7, 11) is 0. The van der Waals surface area contributed by atoms with Gasteiger partial charge in [0, 0.05) is 22.1 Å². The van der Waals surface area contributed by atoms with Crippen molar-refractivity contribution in [2.75, 3.05) is 6.54 Å². The minimum absolute atomic E-state index is 0.0112. The summed E-state index contributed by atoms with van der Waals surface area (Å²) in [5.41, 5.74) is 1.54. The highest BCUT2D eigenvalue weighted by molar-refractivity contribution is 5.86. The second kappa shape index (κ2) is 8.94. The standard InChI is InChI=1S/C28H30FNO5/c29-23-9-21(25-22(10-23)16-34-26(35-25)20-4-2-1-3-5-20)15-33-24(31)14-30-27(32)28-11-17-6-18(12-28)8-19(7-17)13-28/h1-5,9-10,17-19,26H,6-8,11-16H2,(H,30,32)/t17?,18?,19?,26-,28?/m0/s1. The van der Waals surface area contributed by atoms with Crippen LogP contribution in [0.2, 0.25) is 0 Å². The number of rotatable bonds is 6. The number of hydrogen-bond acceptors (Lipinski definition) is 5. The van der Waals surface area contributed by atoms with Crippen molar-refractivity contribution >= 4 is 11.9 Å². The maximum atomic E-state index is 14.2. The lowest BCUT2D eigenvalue weighted by Gasteiger charge is -2.55. The number of fused-ring (bicyclic) bond motifs is 1. The maximum absolute atomic E-state index is 14.2. The van der Waals surface area contributed by atoms with Gasteiger partial charge in [-0.25, -0.2) is 4.39 Å². The smallest absolute Gasteiger partial charge is 0.325 e. The Bertz CT molecular complexity index is 1100. The third kappa shape index (κ3) is 4.42. The van der Waals surface area contributed by atoms with Gasteiger partial charge in [0.15, 0.2) is 0 Å². The molecule has 4 bridgehead atoms. The number of hydrogen-bond donors (Lipinski definition) is 1. The fraction of sp³-hybridized carbons (Fsp3) is 0.500. The Morgan fingerprint density at radius 1 is 1.03 bits per heavy atom. The molecule has 1 N–H and O–H groups in total. The van der Waals surface area contributed by atoms with E-state index in [-0.39, 0.29) is 31.1 Å². The van der Waals surface area contributed by atoms with Gasteiger partial charge in [0.25, 0.3) is 0 Å². The Morgan fingerprint density at radius 3 is 2.40 bits per heavy atom. The first-order chi connectivity index (χ1) is 17.0. The lowest BCUT2D eigenvalue weighted by Crippen LogP contribution is -2.54. The molecule has 1 heterocycles. The van der Waals surface area contributed by atoms with Gasteiger partial charge in [0.2, 0.25) is 12.2 Å². The van der Waals surface area contributed by atoms with Gasteiger partial charge < -0.3 is 19.5 Å². The van der Waals surface area contributed by atoms with Crippen LogP contribution in [0.3, 0.4) is 0 Å². The normalized spacial score (nSPS) is 30.3. The number of carbonyl (C=O) groups excluding carboxylic acids is 2. The molecular formula is C28H30FNO5. The number of benzene rings is 2. The molecule has 2 aromatic carbocycles. The van der Waals surface area contributed by atoms with Gasteiger partial charge in [0.1, 0.15) is 24.7 Å². The van der Waals surface area contributed by atoms with E-state index in [4.69, 9.17) is 14.2 Å². The molecular weight excluding hydrogens is 449 g/mol. The molecule has 35 heavy (non-hydrogen) atoms. The summed E-state index contributed by atoms with van der Waals surface area (Å²) < 4.78 is 31.4. The molecule has 184 valence electrons. The van der Waals surface area contributed by atoms with Gasteiger partial charge in [-0.15, -0.1) is 0 Å². The first kappa shape index (κ1) is 22.5. The molecule has 7 rings (SSSR count). The summed E-state index contributed by atoms with van der Waals surface area (Å²) in [6.07, 6.45) is 5.97. The lowest BCUT2D eigenvalue weighted by molar-refractivity contribution is -0.151. The lowest BCUT2D eigenvalue weighted by atomic mass is 9.49. The number of esters is 1. The van der Waals surface area contributed by atoms with Crippen molar-refractivity contribution < 1.29 is 28.2 Å². The number of ether oxygens (including phenoxy) is 3. The Labute approximate surface area is 204 Å². The van der Waals surface area contributed by atoms with Gasteiger partial charge >= 0.3 is 5.97 Å². The van der Waals surface area contributed by atoms with E-state index < -0.39 is 18.1 Å². The average Bonchev–Trinajstić information content (AvgIpc) is 2.85. The Hall–Kier alpha value is -2.93. The highest BCUT2D eigenvalue weighted by Gasteiger charge is 2.54. The van der Waals surface area contributed by atoms with Crippen LogP contribution in [0.25, 0.3) is 0 Å². The third-order valence-electron chi connectivity index (χ3n) is 8.20. The van der Waals surface area contributed by atoms with E-state index in [0.29, 0.717) is 34.6 Å². The zero-order chi connectivity index (χ0) is 24.0. The molecule has 5 aliphatic rings. The van der Waals surface area contributed by atoms with Crippen LogP contribution in [0.5, 0.6) is 5.75 Å². The predicted octanol–water partition coefficient (Wildman–Crippen LogP) is 4.81. The van der Waals surface area contributed by atoms with Gasteiger partial charge in [0.05, 0.1) is 6.61 Å². The largest absolute Gasteiger partial charge is 0.460 e. The van der Waals surface area contributed by atoms with E-state index in [0.717, 1.165) is 24.8 Å². The van der Waals surface area contributed by atoms with Crippen LogP contribution in [-0.2, 0) is 32.3 Å². The molecule has 1 atom stereocenters. The van der Waals surface area contributed by atoms with Crippen LogP contribution in [0.15, 0.2) is 42.5 Å². The molecule has 0 saturated heterocycles. The minimum atomic E-state index is -0.622. The van der Waals surface area contributed by atoms with E-state index in [1.54, 1.807) is 0 Å². The van der Waals surface area contributed by atoms with E-state index in [1.807, 2.05) is 30.3 Å². The van der Waals surface area contributed by atoms with Crippen molar-refractivity contribution in [3.63, 3.8) is 0 Å². The van der Waals surface area contributed by atoms with Crippen molar-refractivity contribution in [2.45, 2.75) is 58.0 Å². The average molecular weight is 480 g/mol. The fourth-order valence-electron chi connectivity index (χ4n) is 7.10. The third-order valence-corrected chi connectivity index (χ3v) is 8.20. The summed E-state index contributed by atoms with van der Waals surface area (Å²) in [6, 6.07) is 12.2. The van der Waals surface area contributed by atoms with Gasteiger partial charge in [-0.05, 0) is 68.4 Å². The molecule has 2 aromatic rings. The zero-order valence-corrected chi connectivity index (χ0v) is 19.6. The van der Waals surface area contributed by atoms with Crippen molar-refractivity contribution in [3.8, 4) is 5.75 Å². The second-order valence-electron chi connectivity index (χ2n) is 10.8. The second-order valence-corrected chi connectivity index (χ2v) is 10.8. The van der Waals surface area contributed by atoms with Crippen LogP contribution < -0.4 is 10.1 Å².